The molecule has 0 aromatic heterocycles. The minimum atomic E-state index is -3.92. The highest BCUT2D eigenvalue weighted by Crippen LogP contribution is 2.16. The van der Waals surface area contributed by atoms with Crippen molar-refractivity contribution in [2.75, 3.05) is 0 Å². The van der Waals surface area contributed by atoms with Crippen molar-refractivity contribution in [2.45, 2.75) is 26.5 Å². The molecule has 0 spiro atoms. The van der Waals surface area contributed by atoms with E-state index in [1.54, 1.807) is 12.1 Å². The molecule has 0 saturated heterocycles. The lowest BCUT2D eigenvalue weighted by Crippen LogP contribution is -2.02. The molecular formula is C10H14O3S. The van der Waals surface area contributed by atoms with Crippen LogP contribution in [0.3, 0.4) is 0 Å². The molecule has 0 aliphatic carbocycles. The van der Waals surface area contributed by atoms with Gasteiger partial charge in [-0.15, -0.1) is 0 Å². The topological polar surface area (TPSA) is 54.4 Å². The molecule has 0 amide bonds. The van der Waals surface area contributed by atoms with Crippen LogP contribution in [0.1, 0.15) is 22.3 Å². The number of hydrogen-bond acceptors (Lipinski definition) is 2. The lowest BCUT2D eigenvalue weighted by Gasteiger charge is -2.07. The van der Waals surface area contributed by atoms with Gasteiger partial charge in [-0.05, 0) is 43.0 Å². The second-order valence-corrected chi connectivity index (χ2v) is 5.03. The highest BCUT2D eigenvalue weighted by Gasteiger charge is 2.08. The molecule has 0 atom stereocenters. The molecule has 0 fully saturated rings. The van der Waals surface area contributed by atoms with E-state index in [1.807, 2.05) is 20.8 Å². The minimum Gasteiger partial charge on any atom is -0.285 e. The van der Waals surface area contributed by atoms with Crippen LogP contribution in [-0.4, -0.2) is 13.0 Å². The Morgan fingerprint density at radius 2 is 1.57 bits per heavy atom. The Morgan fingerprint density at radius 1 is 1.14 bits per heavy atom. The largest absolute Gasteiger partial charge is 0.285 e. The first-order valence-corrected chi connectivity index (χ1v) is 5.92. The van der Waals surface area contributed by atoms with Crippen LogP contribution < -0.4 is 0 Å². The molecule has 4 heteroatoms. The summed E-state index contributed by atoms with van der Waals surface area (Å²) in [6.07, 6.45) is 0. The summed E-state index contributed by atoms with van der Waals surface area (Å²) >= 11 is 0. The molecule has 0 saturated carbocycles. The second kappa shape index (κ2) is 3.71. The molecule has 1 rings (SSSR count). The fourth-order valence-electron chi connectivity index (χ4n) is 1.42. The van der Waals surface area contributed by atoms with Gasteiger partial charge >= 0.3 is 0 Å². The average molecular weight is 214 g/mol. The summed E-state index contributed by atoms with van der Waals surface area (Å²) in [5.74, 6) is -0.311. The fourth-order valence-corrected chi connectivity index (χ4v) is 2.01. The predicted molar refractivity (Wildman–Crippen MR) is 55.9 cm³/mol. The van der Waals surface area contributed by atoms with Gasteiger partial charge in [0.15, 0.2) is 0 Å². The van der Waals surface area contributed by atoms with Gasteiger partial charge in [0.2, 0.25) is 0 Å². The van der Waals surface area contributed by atoms with E-state index in [0.717, 1.165) is 16.7 Å². The summed E-state index contributed by atoms with van der Waals surface area (Å²) in [7, 11) is -3.92. The van der Waals surface area contributed by atoms with Gasteiger partial charge in [0, 0.05) is 0 Å². The zero-order chi connectivity index (χ0) is 10.9. The van der Waals surface area contributed by atoms with E-state index in [-0.39, 0.29) is 5.75 Å². The summed E-state index contributed by atoms with van der Waals surface area (Å²) in [5.41, 5.74) is 3.88. The van der Waals surface area contributed by atoms with Crippen molar-refractivity contribution in [1.82, 2.24) is 0 Å². The van der Waals surface area contributed by atoms with Crippen molar-refractivity contribution < 1.29 is 13.0 Å². The maximum Gasteiger partial charge on any atom is 0.269 e. The van der Waals surface area contributed by atoms with Crippen LogP contribution in [0.4, 0.5) is 0 Å². The maximum atomic E-state index is 10.7. The van der Waals surface area contributed by atoms with Crippen LogP contribution in [0.15, 0.2) is 12.1 Å². The Balaban J connectivity index is 3.14. The average Bonchev–Trinajstić information content (AvgIpc) is 1.96. The van der Waals surface area contributed by atoms with E-state index in [9.17, 15) is 8.42 Å². The zero-order valence-electron chi connectivity index (χ0n) is 8.53. The number of rotatable bonds is 2. The smallest absolute Gasteiger partial charge is 0.269 e. The van der Waals surface area contributed by atoms with Crippen molar-refractivity contribution in [2.24, 2.45) is 0 Å². The third-order valence-electron chi connectivity index (χ3n) is 2.34. The van der Waals surface area contributed by atoms with Gasteiger partial charge in [0.05, 0.1) is 0 Å². The van der Waals surface area contributed by atoms with Crippen LogP contribution in [0, 0.1) is 20.8 Å². The van der Waals surface area contributed by atoms with Crippen LogP contribution in [0.25, 0.3) is 0 Å². The molecule has 1 N–H and O–H groups in total. The second-order valence-electron chi connectivity index (χ2n) is 3.58. The summed E-state index contributed by atoms with van der Waals surface area (Å²) in [6, 6.07) is 3.58. The first-order chi connectivity index (χ1) is 6.29. The van der Waals surface area contributed by atoms with E-state index in [2.05, 4.69) is 0 Å². The Labute approximate surface area is 84.5 Å². The van der Waals surface area contributed by atoms with Crippen LogP contribution in [0.2, 0.25) is 0 Å². The highest BCUT2D eigenvalue weighted by atomic mass is 32.2. The third-order valence-corrected chi connectivity index (χ3v) is 3.03. The first-order valence-electron chi connectivity index (χ1n) is 4.31. The van der Waals surface area contributed by atoms with Crippen molar-refractivity contribution in [3.05, 3.63) is 34.4 Å². The Bertz CT molecular complexity index is 423. The Hall–Kier alpha value is -0.870. The summed E-state index contributed by atoms with van der Waals surface area (Å²) in [4.78, 5) is 0. The van der Waals surface area contributed by atoms with Crippen molar-refractivity contribution in [3.8, 4) is 0 Å². The SMILES string of the molecule is Cc1cc(CS(=O)(=O)O)cc(C)c1C. The summed E-state index contributed by atoms with van der Waals surface area (Å²) in [5, 5.41) is 0. The van der Waals surface area contributed by atoms with Gasteiger partial charge in [-0.25, -0.2) is 0 Å². The van der Waals surface area contributed by atoms with Crippen LogP contribution in [0.5, 0.6) is 0 Å². The van der Waals surface area contributed by atoms with Crippen molar-refractivity contribution in [3.63, 3.8) is 0 Å². The molecule has 0 unspecified atom stereocenters. The first kappa shape index (κ1) is 11.2. The van der Waals surface area contributed by atoms with E-state index in [4.69, 9.17) is 4.55 Å². The van der Waals surface area contributed by atoms with Gasteiger partial charge in [-0.3, -0.25) is 4.55 Å². The number of hydrogen-bond donors (Lipinski definition) is 1. The lowest BCUT2D eigenvalue weighted by atomic mass is 10.0. The Morgan fingerprint density at radius 3 is 1.93 bits per heavy atom. The molecule has 78 valence electrons. The molecule has 0 heterocycles. The van der Waals surface area contributed by atoms with Gasteiger partial charge < -0.3 is 0 Å². The Kier molecular flexibility index (Phi) is 2.97. The van der Waals surface area contributed by atoms with Crippen LogP contribution in [-0.2, 0) is 15.9 Å². The summed E-state index contributed by atoms with van der Waals surface area (Å²) in [6.45, 7) is 5.84. The van der Waals surface area contributed by atoms with Crippen molar-refractivity contribution >= 4 is 10.1 Å². The van der Waals surface area contributed by atoms with E-state index in [1.165, 1.54) is 0 Å². The highest BCUT2D eigenvalue weighted by molar-refractivity contribution is 7.85. The van der Waals surface area contributed by atoms with Gasteiger partial charge in [0.25, 0.3) is 10.1 Å². The maximum absolute atomic E-state index is 10.7. The monoisotopic (exact) mass is 214 g/mol. The van der Waals surface area contributed by atoms with E-state index >= 15 is 0 Å². The van der Waals surface area contributed by atoms with Gasteiger partial charge in [0.1, 0.15) is 5.75 Å². The quantitative estimate of drug-likeness (QED) is 0.766. The summed E-state index contributed by atoms with van der Waals surface area (Å²) < 4.78 is 30.0. The molecule has 3 nitrogen and oxygen atoms in total. The molecule has 1 aromatic carbocycles. The van der Waals surface area contributed by atoms with Gasteiger partial charge in [-0.2, -0.15) is 8.42 Å². The molecule has 0 aliphatic heterocycles. The molecule has 1 aromatic rings. The molecule has 14 heavy (non-hydrogen) atoms. The molecular weight excluding hydrogens is 200 g/mol. The van der Waals surface area contributed by atoms with Crippen molar-refractivity contribution in [1.29, 1.82) is 0 Å². The minimum absolute atomic E-state index is 0.311. The van der Waals surface area contributed by atoms with E-state index in [0.29, 0.717) is 5.56 Å². The van der Waals surface area contributed by atoms with E-state index < -0.39 is 10.1 Å². The van der Waals surface area contributed by atoms with Gasteiger partial charge in [-0.1, -0.05) is 12.1 Å². The normalized spacial score (nSPS) is 11.7. The molecule has 0 aliphatic rings. The predicted octanol–water partition coefficient (Wildman–Crippen LogP) is 2.00. The standard InChI is InChI=1S/C10H14O3S/c1-7-4-10(6-14(11,12)13)5-8(2)9(7)3/h4-5H,6H2,1-3H3,(H,11,12,13). The molecule has 0 radical (unpaired) electrons. The molecule has 0 bridgehead atoms. The lowest BCUT2D eigenvalue weighted by molar-refractivity contribution is 0.482. The number of aryl methyl sites for hydroxylation is 2. The fraction of sp³-hybridized carbons (Fsp3) is 0.400. The zero-order valence-corrected chi connectivity index (χ0v) is 9.35. The van der Waals surface area contributed by atoms with Crippen LogP contribution >= 0.6 is 0 Å². The number of benzene rings is 1. The third kappa shape index (κ3) is 2.82.